The number of hydrogen-bond donors (Lipinski definition) is 3. The number of H-pyrrole nitrogens is 1. The molecule has 0 saturated carbocycles. The standard InChI is InChI=1S/C19H16ClFN2O3S/c1-8-2-4-10-13(6-8)27-19-14(10)16(24)15(18(26)23-19)17(25)22-9-3-5-12(21)11(20)7-9/h3,5,7-8H,2,4,6H2,1H3,(H,22,25)(H2,23,24,26)/t8-/m0/s1. The first-order valence-electron chi connectivity index (χ1n) is 8.51. The van der Waals surface area contributed by atoms with E-state index in [1.807, 2.05) is 0 Å². The summed E-state index contributed by atoms with van der Waals surface area (Å²) >= 11 is 7.17. The molecule has 4 rings (SSSR count). The summed E-state index contributed by atoms with van der Waals surface area (Å²) in [5, 5.41) is 13.6. The SMILES string of the molecule is C[C@H]1CCc2c(sc3[nH]c(=O)c(C(=O)Nc4ccc(F)c(Cl)c4)c(O)c23)C1. The lowest BCUT2D eigenvalue weighted by molar-refractivity contribution is 0.102. The molecule has 0 spiro atoms. The monoisotopic (exact) mass is 406 g/mol. The number of aromatic nitrogens is 1. The van der Waals surface area contributed by atoms with E-state index in [1.165, 1.54) is 23.5 Å². The Morgan fingerprint density at radius 2 is 2.22 bits per heavy atom. The van der Waals surface area contributed by atoms with Gasteiger partial charge in [-0.2, -0.15) is 0 Å². The molecule has 1 aliphatic carbocycles. The third kappa shape index (κ3) is 3.11. The summed E-state index contributed by atoms with van der Waals surface area (Å²) < 4.78 is 13.3. The number of halogens is 2. The van der Waals surface area contributed by atoms with Gasteiger partial charge in [-0.05, 0) is 48.9 Å². The van der Waals surface area contributed by atoms with Crippen molar-refractivity contribution in [2.24, 2.45) is 5.92 Å². The number of carbonyl (C=O) groups excluding carboxylic acids is 1. The van der Waals surface area contributed by atoms with Crippen LogP contribution < -0.4 is 10.9 Å². The number of thiophene rings is 1. The highest BCUT2D eigenvalue weighted by atomic mass is 35.5. The van der Waals surface area contributed by atoms with Crippen LogP contribution in [-0.4, -0.2) is 16.0 Å². The summed E-state index contributed by atoms with van der Waals surface area (Å²) in [6.45, 7) is 2.17. The smallest absolute Gasteiger partial charge is 0.265 e. The molecule has 3 aromatic rings. The van der Waals surface area contributed by atoms with Gasteiger partial charge >= 0.3 is 0 Å². The molecule has 1 atom stereocenters. The lowest BCUT2D eigenvalue weighted by atomic mass is 9.89. The average Bonchev–Trinajstić information content (AvgIpc) is 2.95. The van der Waals surface area contributed by atoms with Gasteiger partial charge in [-0.1, -0.05) is 18.5 Å². The minimum absolute atomic E-state index is 0.151. The summed E-state index contributed by atoms with van der Waals surface area (Å²) in [4.78, 5) is 29.5. The Kier molecular flexibility index (Phi) is 4.44. The Labute approximate surface area is 162 Å². The van der Waals surface area contributed by atoms with Gasteiger partial charge in [0.2, 0.25) is 0 Å². The molecule has 0 aliphatic heterocycles. The van der Waals surface area contributed by atoms with Crippen molar-refractivity contribution < 1.29 is 14.3 Å². The van der Waals surface area contributed by atoms with E-state index in [1.54, 1.807) is 0 Å². The maximum atomic E-state index is 13.3. The summed E-state index contributed by atoms with van der Waals surface area (Å²) in [6.07, 6.45) is 2.68. The zero-order valence-corrected chi connectivity index (χ0v) is 15.9. The summed E-state index contributed by atoms with van der Waals surface area (Å²) in [7, 11) is 0. The fraction of sp³-hybridized carbons (Fsp3) is 0.263. The second-order valence-corrected chi connectivity index (χ2v) is 8.33. The molecule has 27 heavy (non-hydrogen) atoms. The van der Waals surface area contributed by atoms with Gasteiger partial charge in [0.1, 0.15) is 22.0 Å². The Hall–Kier alpha value is -2.38. The van der Waals surface area contributed by atoms with E-state index in [9.17, 15) is 19.1 Å². The number of fused-ring (bicyclic) bond motifs is 3. The van der Waals surface area contributed by atoms with Crippen molar-refractivity contribution in [2.45, 2.75) is 26.2 Å². The van der Waals surface area contributed by atoms with Gasteiger partial charge < -0.3 is 15.4 Å². The summed E-state index contributed by atoms with van der Waals surface area (Å²) in [5.41, 5.74) is 0.201. The van der Waals surface area contributed by atoms with Crippen molar-refractivity contribution in [1.82, 2.24) is 4.98 Å². The fourth-order valence-corrected chi connectivity index (χ4v) is 5.05. The molecule has 5 nitrogen and oxygen atoms in total. The Morgan fingerprint density at radius 3 is 2.96 bits per heavy atom. The largest absolute Gasteiger partial charge is 0.506 e. The third-order valence-corrected chi connectivity index (χ3v) is 6.30. The number of aromatic hydroxyl groups is 1. The first-order valence-corrected chi connectivity index (χ1v) is 9.70. The maximum absolute atomic E-state index is 13.3. The van der Waals surface area contributed by atoms with Crippen LogP contribution in [0.5, 0.6) is 5.75 Å². The number of carbonyl (C=O) groups is 1. The normalized spacial score (nSPS) is 16.3. The Morgan fingerprint density at radius 1 is 1.44 bits per heavy atom. The highest BCUT2D eigenvalue weighted by Crippen LogP contribution is 2.41. The molecule has 0 bridgehead atoms. The number of rotatable bonds is 2. The number of hydrogen-bond acceptors (Lipinski definition) is 4. The Balaban J connectivity index is 1.78. The second kappa shape index (κ2) is 6.65. The number of benzene rings is 1. The molecule has 140 valence electrons. The quantitative estimate of drug-likeness (QED) is 0.587. The van der Waals surface area contributed by atoms with Crippen LogP contribution in [0.25, 0.3) is 10.2 Å². The lowest BCUT2D eigenvalue weighted by Gasteiger charge is -2.18. The van der Waals surface area contributed by atoms with Gasteiger partial charge in [-0.25, -0.2) is 4.39 Å². The molecule has 2 heterocycles. The van der Waals surface area contributed by atoms with E-state index >= 15 is 0 Å². The van der Waals surface area contributed by atoms with E-state index in [0.29, 0.717) is 16.1 Å². The highest BCUT2D eigenvalue weighted by molar-refractivity contribution is 7.18. The molecular formula is C19H16ClFN2O3S. The highest BCUT2D eigenvalue weighted by Gasteiger charge is 2.27. The van der Waals surface area contributed by atoms with E-state index in [0.717, 1.165) is 35.8 Å². The fourth-order valence-electron chi connectivity index (χ4n) is 3.47. The molecule has 8 heteroatoms. The number of amides is 1. The Bertz CT molecular complexity index is 1140. The zero-order chi connectivity index (χ0) is 19.3. The number of nitrogens with one attached hydrogen (secondary N) is 2. The van der Waals surface area contributed by atoms with E-state index < -0.39 is 17.3 Å². The summed E-state index contributed by atoms with van der Waals surface area (Å²) in [6, 6.07) is 3.69. The minimum atomic E-state index is -0.776. The van der Waals surface area contributed by atoms with Gasteiger partial charge in [-0.15, -0.1) is 11.3 Å². The summed E-state index contributed by atoms with van der Waals surface area (Å²) in [5.74, 6) is -1.16. The lowest BCUT2D eigenvalue weighted by Crippen LogP contribution is -2.23. The molecule has 2 aromatic heterocycles. The van der Waals surface area contributed by atoms with Crippen molar-refractivity contribution >= 4 is 44.7 Å². The van der Waals surface area contributed by atoms with Crippen LogP contribution in [0.3, 0.4) is 0 Å². The van der Waals surface area contributed by atoms with Crippen molar-refractivity contribution in [2.75, 3.05) is 5.32 Å². The van der Waals surface area contributed by atoms with Crippen LogP contribution in [0.2, 0.25) is 5.02 Å². The van der Waals surface area contributed by atoms with Crippen LogP contribution in [0.1, 0.15) is 34.1 Å². The van der Waals surface area contributed by atoms with Gasteiger partial charge in [0, 0.05) is 10.6 Å². The molecule has 0 saturated heterocycles. The molecular weight excluding hydrogens is 391 g/mol. The van der Waals surface area contributed by atoms with Crippen LogP contribution in [-0.2, 0) is 12.8 Å². The van der Waals surface area contributed by atoms with Gasteiger partial charge in [-0.3, -0.25) is 9.59 Å². The van der Waals surface area contributed by atoms with Gasteiger partial charge in [0.05, 0.1) is 10.4 Å². The third-order valence-electron chi connectivity index (χ3n) is 4.84. The number of aryl methyl sites for hydroxylation is 1. The predicted molar refractivity (Wildman–Crippen MR) is 105 cm³/mol. The van der Waals surface area contributed by atoms with Crippen LogP contribution in [0.4, 0.5) is 10.1 Å². The minimum Gasteiger partial charge on any atom is -0.506 e. The van der Waals surface area contributed by atoms with Crippen molar-refractivity contribution in [3.63, 3.8) is 0 Å². The maximum Gasteiger partial charge on any atom is 0.265 e. The van der Waals surface area contributed by atoms with Crippen LogP contribution in [0.15, 0.2) is 23.0 Å². The van der Waals surface area contributed by atoms with E-state index in [-0.39, 0.29) is 22.0 Å². The average molecular weight is 407 g/mol. The topological polar surface area (TPSA) is 82.2 Å². The molecule has 1 aromatic carbocycles. The molecule has 0 radical (unpaired) electrons. The molecule has 3 N–H and O–H groups in total. The van der Waals surface area contributed by atoms with E-state index in [2.05, 4.69) is 17.2 Å². The van der Waals surface area contributed by atoms with E-state index in [4.69, 9.17) is 11.6 Å². The van der Waals surface area contributed by atoms with Crippen molar-refractivity contribution in [1.29, 1.82) is 0 Å². The number of pyridine rings is 1. The first-order chi connectivity index (χ1) is 12.8. The first kappa shape index (κ1) is 18.0. The van der Waals surface area contributed by atoms with Crippen LogP contribution >= 0.6 is 22.9 Å². The molecule has 1 aliphatic rings. The number of anilines is 1. The second-order valence-electron chi connectivity index (χ2n) is 6.82. The molecule has 1 amide bonds. The predicted octanol–water partition coefficient (Wildman–Crippen LogP) is 4.46. The van der Waals surface area contributed by atoms with Gasteiger partial charge in [0.15, 0.2) is 0 Å². The zero-order valence-electron chi connectivity index (χ0n) is 14.4. The van der Waals surface area contributed by atoms with Crippen molar-refractivity contribution in [3.05, 3.63) is 55.4 Å². The van der Waals surface area contributed by atoms with Gasteiger partial charge in [0.25, 0.3) is 11.5 Å². The van der Waals surface area contributed by atoms with Crippen LogP contribution in [0, 0.1) is 11.7 Å². The number of aromatic amines is 1. The van der Waals surface area contributed by atoms with Crippen molar-refractivity contribution in [3.8, 4) is 5.75 Å². The molecule has 0 unspecified atom stereocenters. The molecule has 0 fully saturated rings.